The predicted octanol–water partition coefficient (Wildman–Crippen LogP) is 4.27. The molecule has 1 aromatic heterocycles. The van der Waals surface area contributed by atoms with E-state index < -0.39 is 0 Å². The molecule has 0 spiro atoms. The van der Waals surface area contributed by atoms with E-state index in [0.29, 0.717) is 11.3 Å². The molecular formula is C16H28N2S. The summed E-state index contributed by atoms with van der Waals surface area (Å²) in [4.78, 5) is 6.20. The molecule has 1 aromatic rings. The van der Waals surface area contributed by atoms with E-state index in [-0.39, 0.29) is 0 Å². The summed E-state index contributed by atoms with van der Waals surface area (Å²) >= 11 is 1.91. The van der Waals surface area contributed by atoms with Crippen molar-refractivity contribution in [2.75, 3.05) is 6.54 Å². The van der Waals surface area contributed by atoms with E-state index in [1.165, 1.54) is 41.3 Å². The molecule has 108 valence electrons. The van der Waals surface area contributed by atoms with Crippen LogP contribution in [0.4, 0.5) is 0 Å². The first-order chi connectivity index (χ1) is 8.91. The Kier molecular flexibility index (Phi) is 4.67. The summed E-state index contributed by atoms with van der Waals surface area (Å²) in [5.41, 5.74) is 7.34. The van der Waals surface area contributed by atoms with E-state index in [1.54, 1.807) is 0 Å². The molecule has 1 aliphatic rings. The fourth-order valence-corrected chi connectivity index (χ4v) is 4.45. The Morgan fingerprint density at radius 2 is 1.84 bits per heavy atom. The van der Waals surface area contributed by atoms with Crippen molar-refractivity contribution >= 4 is 11.3 Å². The van der Waals surface area contributed by atoms with Gasteiger partial charge in [0.2, 0.25) is 0 Å². The lowest BCUT2D eigenvalue weighted by Gasteiger charge is -2.36. The third-order valence-electron chi connectivity index (χ3n) is 4.58. The summed E-state index contributed by atoms with van der Waals surface area (Å²) < 4.78 is 0. The SMILES string of the molecule is Cc1nc(C2CCC(C(C)(C)C)CC2)sc1CCN. The molecule has 2 N–H and O–H groups in total. The number of rotatable bonds is 3. The number of nitrogens with zero attached hydrogens (tertiary/aromatic N) is 1. The zero-order chi connectivity index (χ0) is 14.0. The van der Waals surface area contributed by atoms with Crippen molar-refractivity contribution in [3.8, 4) is 0 Å². The number of hydrogen-bond donors (Lipinski definition) is 1. The van der Waals surface area contributed by atoms with Gasteiger partial charge < -0.3 is 5.73 Å². The van der Waals surface area contributed by atoms with Gasteiger partial charge in [-0.05, 0) is 56.9 Å². The Morgan fingerprint density at radius 3 is 2.37 bits per heavy atom. The van der Waals surface area contributed by atoms with Crippen LogP contribution in [-0.4, -0.2) is 11.5 Å². The van der Waals surface area contributed by atoms with Crippen molar-refractivity contribution in [2.24, 2.45) is 17.1 Å². The zero-order valence-electron chi connectivity index (χ0n) is 12.8. The number of aryl methyl sites for hydroxylation is 1. The van der Waals surface area contributed by atoms with Gasteiger partial charge in [0, 0.05) is 10.8 Å². The van der Waals surface area contributed by atoms with E-state index in [9.17, 15) is 0 Å². The van der Waals surface area contributed by atoms with Crippen LogP contribution in [0.1, 0.15) is 68.0 Å². The third kappa shape index (κ3) is 3.57. The molecule has 0 bridgehead atoms. The smallest absolute Gasteiger partial charge is 0.0961 e. The average Bonchev–Trinajstić information content (AvgIpc) is 2.71. The minimum absolute atomic E-state index is 0.467. The topological polar surface area (TPSA) is 38.9 Å². The highest BCUT2D eigenvalue weighted by atomic mass is 32.1. The first-order valence-electron chi connectivity index (χ1n) is 7.58. The molecule has 2 nitrogen and oxygen atoms in total. The lowest BCUT2D eigenvalue weighted by molar-refractivity contribution is 0.169. The number of hydrogen-bond acceptors (Lipinski definition) is 3. The molecule has 2 rings (SSSR count). The van der Waals surface area contributed by atoms with E-state index in [0.717, 1.165) is 18.9 Å². The van der Waals surface area contributed by atoms with Crippen LogP contribution >= 0.6 is 11.3 Å². The molecule has 0 unspecified atom stereocenters. The summed E-state index contributed by atoms with van der Waals surface area (Å²) in [6.45, 7) is 10.0. The average molecular weight is 280 g/mol. The van der Waals surface area contributed by atoms with Crippen molar-refractivity contribution in [1.29, 1.82) is 0 Å². The molecule has 1 aliphatic carbocycles. The minimum atomic E-state index is 0.467. The van der Waals surface area contributed by atoms with Gasteiger partial charge in [-0.25, -0.2) is 4.98 Å². The molecule has 0 aromatic carbocycles. The van der Waals surface area contributed by atoms with E-state index in [1.807, 2.05) is 11.3 Å². The predicted molar refractivity (Wildman–Crippen MR) is 83.8 cm³/mol. The lowest BCUT2D eigenvalue weighted by Crippen LogP contribution is -2.25. The van der Waals surface area contributed by atoms with Crippen molar-refractivity contribution in [2.45, 2.75) is 65.7 Å². The Morgan fingerprint density at radius 1 is 1.21 bits per heavy atom. The molecule has 1 fully saturated rings. The fraction of sp³-hybridized carbons (Fsp3) is 0.812. The Labute approximate surface area is 121 Å². The lowest BCUT2D eigenvalue weighted by atomic mass is 9.70. The van der Waals surface area contributed by atoms with E-state index in [4.69, 9.17) is 10.7 Å². The largest absolute Gasteiger partial charge is 0.330 e. The molecule has 1 saturated carbocycles. The maximum atomic E-state index is 5.66. The summed E-state index contributed by atoms with van der Waals surface area (Å²) in [6.07, 6.45) is 6.34. The Hall–Kier alpha value is -0.410. The van der Waals surface area contributed by atoms with Crippen molar-refractivity contribution in [3.63, 3.8) is 0 Å². The number of thiazole rings is 1. The highest BCUT2D eigenvalue weighted by molar-refractivity contribution is 7.11. The van der Waals surface area contributed by atoms with Gasteiger partial charge in [-0.2, -0.15) is 0 Å². The summed E-state index contributed by atoms with van der Waals surface area (Å²) in [6, 6.07) is 0. The molecular weight excluding hydrogens is 252 g/mol. The monoisotopic (exact) mass is 280 g/mol. The van der Waals surface area contributed by atoms with Gasteiger partial charge in [-0.3, -0.25) is 0 Å². The summed E-state index contributed by atoms with van der Waals surface area (Å²) in [5.74, 6) is 1.59. The van der Waals surface area contributed by atoms with Crippen LogP contribution in [0.3, 0.4) is 0 Å². The van der Waals surface area contributed by atoms with Gasteiger partial charge in [0.05, 0.1) is 10.7 Å². The van der Waals surface area contributed by atoms with Crippen LogP contribution in [-0.2, 0) is 6.42 Å². The molecule has 0 saturated heterocycles. The van der Waals surface area contributed by atoms with Gasteiger partial charge in [-0.15, -0.1) is 11.3 Å². The molecule has 1 heterocycles. The van der Waals surface area contributed by atoms with E-state index in [2.05, 4.69) is 27.7 Å². The van der Waals surface area contributed by atoms with Gasteiger partial charge in [0.25, 0.3) is 0 Å². The Balaban J connectivity index is 2.00. The summed E-state index contributed by atoms with van der Waals surface area (Å²) in [5, 5.41) is 1.37. The van der Waals surface area contributed by atoms with Gasteiger partial charge >= 0.3 is 0 Å². The minimum Gasteiger partial charge on any atom is -0.330 e. The molecule has 19 heavy (non-hydrogen) atoms. The third-order valence-corrected chi connectivity index (χ3v) is 5.96. The highest BCUT2D eigenvalue weighted by Gasteiger charge is 2.31. The summed E-state index contributed by atoms with van der Waals surface area (Å²) in [7, 11) is 0. The van der Waals surface area contributed by atoms with Crippen molar-refractivity contribution < 1.29 is 0 Å². The maximum absolute atomic E-state index is 5.66. The number of aromatic nitrogens is 1. The molecule has 0 amide bonds. The van der Waals surface area contributed by atoms with Gasteiger partial charge in [-0.1, -0.05) is 20.8 Å². The molecule has 0 radical (unpaired) electrons. The van der Waals surface area contributed by atoms with Crippen LogP contribution in [0.15, 0.2) is 0 Å². The standard InChI is InChI=1S/C16H28N2S/c1-11-14(9-10-17)19-15(18-11)12-5-7-13(8-6-12)16(2,3)4/h12-13H,5-10,17H2,1-4H3. The molecule has 0 atom stereocenters. The normalized spacial score (nSPS) is 24.7. The Bertz CT molecular complexity index is 409. The molecule has 0 aliphatic heterocycles. The number of nitrogens with two attached hydrogens (primary N) is 1. The highest BCUT2D eigenvalue weighted by Crippen LogP contribution is 2.44. The van der Waals surface area contributed by atoms with Crippen LogP contribution in [0.5, 0.6) is 0 Å². The fourth-order valence-electron chi connectivity index (χ4n) is 3.19. The van der Waals surface area contributed by atoms with Crippen LogP contribution in [0.2, 0.25) is 0 Å². The van der Waals surface area contributed by atoms with Crippen LogP contribution in [0, 0.1) is 18.3 Å². The zero-order valence-corrected chi connectivity index (χ0v) is 13.6. The molecule has 3 heteroatoms. The van der Waals surface area contributed by atoms with E-state index >= 15 is 0 Å². The quantitative estimate of drug-likeness (QED) is 0.898. The van der Waals surface area contributed by atoms with Crippen molar-refractivity contribution in [1.82, 2.24) is 4.98 Å². The van der Waals surface area contributed by atoms with Crippen molar-refractivity contribution in [3.05, 3.63) is 15.6 Å². The second-order valence-electron chi connectivity index (χ2n) is 7.01. The first-order valence-corrected chi connectivity index (χ1v) is 8.39. The first kappa shape index (κ1) is 15.0. The van der Waals surface area contributed by atoms with Gasteiger partial charge in [0.15, 0.2) is 0 Å². The second kappa shape index (κ2) is 5.92. The van der Waals surface area contributed by atoms with Crippen LogP contribution < -0.4 is 5.73 Å². The second-order valence-corrected chi connectivity index (χ2v) is 8.13. The maximum Gasteiger partial charge on any atom is 0.0961 e. The van der Waals surface area contributed by atoms with Gasteiger partial charge in [0.1, 0.15) is 0 Å². The van der Waals surface area contributed by atoms with Crippen LogP contribution in [0.25, 0.3) is 0 Å².